The number of nitrogens with one attached hydrogen (secondary N) is 3. The van der Waals surface area contributed by atoms with Crippen LogP contribution in [0, 0.1) is 0 Å². The van der Waals surface area contributed by atoms with Crippen molar-refractivity contribution >= 4 is 23.7 Å². The van der Waals surface area contributed by atoms with Crippen molar-refractivity contribution < 1.29 is 104 Å². The lowest BCUT2D eigenvalue weighted by atomic mass is 9.88. The van der Waals surface area contributed by atoms with E-state index in [2.05, 4.69) is 33.2 Å². The van der Waals surface area contributed by atoms with Crippen LogP contribution in [0.4, 0.5) is 0 Å². The van der Waals surface area contributed by atoms with Gasteiger partial charge in [-0.15, -0.1) is 5.10 Å². The summed E-state index contributed by atoms with van der Waals surface area (Å²) in [7, 11) is 0. The van der Waals surface area contributed by atoms with Crippen LogP contribution in [0.15, 0.2) is 6.20 Å². The molecule has 4 heterocycles. The van der Waals surface area contributed by atoms with Crippen molar-refractivity contribution in [2.45, 2.75) is 201 Å². The SMILES string of the molecule is CCCCCCCCCCCCCCNC(=O)c1cn(CCO[C@@H]2O[C@H](CO)[C@@H](O[C@@H]3O[C@H](CO)[C@H](O)[C@H](O[C@]4(C(=O)O)C[C@H](O)[C@@H](NC(=O)CO)[C@H]([C@H](O)[C@H](O)CO)O4)[C@H]3O)[C@H](O)[C@H]2NC(C)=O)nn1. The first-order valence-corrected chi connectivity index (χ1v) is 24.4. The van der Waals surface area contributed by atoms with Gasteiger partial charge < -0.3 is 101 Å². The zero-order valence-corrected chi connectivity index (χ0v) is 40.2. The molecular formula is C44H76N6O21. The molecule has 3 saturated heterocycles. The minimum Gasteiger partial charge on any atom is -0.477 e. The van der Waals surface area contributed by atoms with Gasteiger partial charge in [-0.1, -0.05) is 82.8 Å². The van der Waals surface area contributed by atoms with Crippen molar-refractivity contribution in [3.8, 4) is 0 Å². The molecule has 14 N–H and O–H groups in total. The molecule has 1 aromatic heterocycles. The predicted octanol–water partition coefficient (Wildman–Crippen LogP) is -4.36. The Morgan fingerprint density at radius 3 is 2.01 bits per heavy atom. The number of unbranched alkanes of at least 4 members (excludes halogenated alkanes) is 11. The number of ether oxygens (including phenoxy) is 6. The Balaban J connectivity index is 1.37. The minimum absolute atomic E-state index is 0.0120. The number of amides is 3. The number of hydrogen-bond acceptors (Lipinski definition) is 22. The van der Waals surface area contributed by atoms with Crippen LogP contribution in [0.2, 0.25) is 0 Å². The lowest BCUT2D eigenvalue weighted by Crippen LogP contribution is -2.71. The van der Waals surface area contributed by atoms with Gasteiger partial charge in [0.1, 0.15) is 73.7 Å². The van der Waals surface area contributed by atoms with Gasteiger partial charge in [-0.25, -0.2) is 9.48 Å². The molecule has 27 heteroatoms. The van der Waals surface area contributed by atoms with E-state index in [1.807, 2.05) is 0 Å². The minimum atomic E-state index is -3.14. The predicted molar refractivity (Wildman–Crippen MR) is 240 cm³/mol. The zero-order chi connectivity index (χ0) is 52.3. The molecule has 0 aliphatic carbocycles. The number of carbonyl (C=O) groups is 4. The fraction of sp³-hybridized carbons (Fsp3) is 0.864. The first-order chi connectivity index (χ1) is 33.9. The fourth-order valence-electron chi connectivity index (χ4n) is 8.72. The molecule has 16 atom stereocenters. The van der Waals surface area contributed by atoms with E-state index < -0.39 is 154 Å². The fourth-order valence-corrected chi connectivity index (χ4v) is 8.72. The molecule has 0 radical (unpaired) electrons. The number of hydrogen-bond donors (Lipinski definition) is 14. The summed E-state index contributed by atoms with van der Waals surface area (Å²) >= 11 is 0. The van der Waals surface area contributed by atoms with Crippen molar-refractivity contribution in [1.29, 1.82) is 0 Å². The van der Waals surface area contributed by atoms with Crippen LogP contribution in [0.5, 0.6) is 0 Å². The number of carboxylic acid groups (broad SMARTS) is 1. The Morgan fingerprint density at radius 2 is 1.44 bits per heavy atom. The van der Waals surface area contributed by atoms with Gasteiger partial charge >= 0.3 is 5.97 Å². The highest BCUT2D eigenvalue weighted by molar-refractivity contribution is 5.91. The number of nitrogens with zero attached hydrogens (tertiary/aromatic N) is 3. The molecule has 0 spiro atoms. The lowest BCUT2D eigenvalue weighted by Gasteiger charge is -2.51. The van der Waals surface area contributed by atoms with Crippen molar-refractivity contribution in [3.05, 3.63) is 11.9 Å². The van der Waals surface area contributed by atoms with E-state index in [0.717, 1.165) is 26.2 Å². The topological polar surface area (TPSA) is 413 Å². The van der Waals surface area contributed by atoms with Gasteiger partial charge in [0.2, 0.25) is 11.8 Å². The second-order valence-corrected chi connectivity index (χ2v) is 18.1. The average Bonchev–Trinajstić information content (AvgIpc) is 3.83. The Kier molecular flexibility index (Phi) is 25.3. The van der Waals surface area contributed by atoms with Crippen molar-refractivity contribution in [2.24, 2.45) is 0 Å². The molecule has 3 amide bonds. The molecule has 1 aromatic rings. The summed E-state index contributed by atoms with van der Waals surface area (Å²) in [5.74, 6) is -7.36. The molecule has 27 nitrogen and oxygen atoms in total. The van der Waals surface area contributed by atoms with Gasteiger partial charge in [0.05, 0.1) is 51.3 Å². The second kappa shape index (κ2) is 29.9. The Morgan fingerprint density at radius 1 is 0.817 bits per heavy atom. The lowest BCUT2D eigenvalue weighted by molar-refractivity contribution is -0.382. The summed E-state index contributed by atoms with van der Waals surface area (Å²) in [6.45, 7) is -0.493. The van der Waals surface area contributed by atoms with Crippen LogP contribution in [0.3, 0.4) is 0 Å². The highest BCUT2D eigenvalue weighted by Gasteiger charge is 2.60. The number of aromatic nitrogens is 3. The van der Waals surface area contributed by atoms with Crippen LogP contribution in [0.25, 0.3) is 0 Å². The molecule has 408 valence electrons. The number of carboxylic acids is 1. The summed E-state index contributed by atoms with van der Waals surface area (Å²) in [4.78, 5) is 50.1. The maximum atomic E-state index is 12.9. The summed E-state index contributed by atoms with van der Waals surface area (Å²) in [5.41, 5.74) is 0.0705. The summed E-state index contributed by atoms with van der Waals surface area (Å²) in [6.07, 6.45) is -10.6. The quantitative estimate of drug-likeness (QED) is 0.0313. The largest absolute Gasteiger partial charge is 0.477 e. The molecule has 0 aromatic carbocycles. The average molecular weight is 1030 g/mol. The van der Waals surface area contributed by atoms with E-state index in [1.54, 1.807) is 0 Å². The number of aliphatic hydroxyl groups excluding tert-OH is 10. The summed E-state index contributed by atoms with van der Waals surface area (Å²) in [5, 5.41) is 132. The number of aliphatic hydroxyl groups is 10. The van der Waals surface area contributed by atoms with E-state index in [0.29, 0.717) is 6.54 Å². The molecule has 71 heavy (non-hydrogen) atoms. The summed E-state index contributed by atoms with van der Waals surface area (Å²) < 4.78 is 35.9. The third-order valence-corrected chi connectivity index (χ3v) is 12.6. The number of rotatable bonds is 31. The number of carbonyl (C=O) groups excluding carboxylic acids is 3. The third-order valence-electron chi connectivity index (χ3n) is 12.6. The molecule has 3 fully saturated rings. The highest BCUT2D eigenvalue weighted by atomic mass is 16.8. The zero-order valence-electron chi connectivity index (χ0n) is 40.2. The van der Waals surface area contributed by atoms with Crippen molar-refractivity contribution in [1.82, 2.24) is 30.9 Å². The molecular weight excluding hydrogens is 949 g/mol. The van der Waals surface area contributed by atoms with Gasteiger partial charge in [-0.05, 0) is 6.42 Å². The van der Waals surface area contributed by atoms with Gasteiger partial charge in [0.25, 0.3) is 11.7 Å². The van der Waals surface area contributed by atoms with Gasteiger partial charge in [0.15, 0.2) is 18.3 Å². The standard InChI is InChI=1S/C44H76N6O21/c1-3-4-5-6-7-8-9-10-11-12-13-14-15-45-40(63)25-19-50(49-48-25)16-17-66-41-32(46-24(2)55)35(61)37(29(22-53)68-41)69-42-36(62)39(34(60)28(21-52)67-42)71-44(43(64)65)18-26(56)31(47-30(58)23-54)38(70-44)33(59)27(57)20-51/h19,26-29,31-39,41-42,51-54,56-57,59-62H,3-18,20-23H2,1-2H3,(H,45,63)(H,46,55)(H,47,58)(H,64,65)/t26-,27+,28+,29+,31+,32+,33+,34-,35+,36+,37+,38+,39-,41+,42-,44-/m0/s1. The first kappa shape index (κ1) is 59.9. The molecule has 0 saturated carbocycles. The van der Waals surface area contributed by atoms with E-state index in [-0.39, 0.29) is 18.8 Å². The normalized spacial score (nSPS) is 31.9. The van der Waals surface area contributed by atoms with E-state index in [1.165, 1.54) is 68.7 Å². The molecule has 4 rings (SSSR count). The molecule has 0 unspecified atom stereocenters. The third kappa shape index (κ3) is 17.0. The Hall–Kier alpha value is -3.62. The van der Waals surface area contributed by atoms with Gasteiger partial charge in [-0.2, -0.15) is 0 Å². The van der Waals surface area contributed by atoms with E-state index in [4.69, 9.17) is 28.4 Å². The molecule has 0 bridgehead atoms. The van der Waals surface area contributed by atoms with Crippen LogP contribution in [-0.2, 0) is 49.3 Å². The Labute approximate surface area is 410 Å². The molecule has 3 aliphatic rings. The highest BCUT2D eigenvalue weighted by Crippen LogP contribution is 2.38. The Bertz CT molecular complexity index is 1770. The maximum Gasteiger partial charge on any atom is 0.364 e. The number of aliphatic carboxylic acids is 1. The van der Waals surface area contributed by atoms with Gasteiger partial charge in [0, 0.05) is 19.9 Å². The second-order valence-electron chi connectivity index (χ2n) is 18.1. The van der Waals surface area contributed by atoms with Crippen molar-refractivity contribution in [2.75, 3.05) is 39.6 Å². The van der Waals surface area contributed by atoms with Gasteiger partial charge in [-0.3, -0.25) is 14.4 Å². The van der Waals surface area contributed by atoms with Crippen LogP contribution < -0.4 is 16.0 Å². The monoisotopic (exact) mass is 1020 g/mol. The van der Waals surface area contributed by atoms with Crippen LogP contribution in [0.1, 0.15) is 108 Å². The van der Waals surface area contributed by atoms with E-state index >= 15 is 0 Å². The maximum absolute atomic E-state index is 12.9. The smallest absolute Gasteiger partial charge is 0.364 e. The molecule has 3 aliphatic heterocycles. The van der Waals surface area contributed by atoms with Crippen molar-refractivity contribution in [3.63, 3.8) is 0 Å². The van der Waals surface area contributed by atoms with Crippen LogP contribution in [-0.4, -0.2) is 232 Å². The summed E-state index contributed by atoms with van der Waals surface area (Å²) in [6, 6.07) is -3.17. The first-order valence-electron chi connectivity index (χ1n) is 24.4. The van der Waals surface area contributed by atoms with Crippen LogP contribution >= 0.6 is 0 Å². The van der Waals surface area contributed by atoms with E-state index in [9.17, 15) is 75.3 Å².